The quantitative estimate of drug-likeness (QED) is 0.834. The summed E-state index contributed by atoms with van der Waals surface area (Å²) in [6.45, 7) is 7.38. The van der Waals surface area contributed by atoms with E-state index in [1.165, 1.54) is 0 Å². The van der Waals surface area contributed by atoms with Crippen LogP contribution >= 0.6 is 0 Å². The Labute approximate surface area is 176 Å². The molecule has 2 aliphatic heterocycles. The summed E-state index contributed by atoms with van der Waals surface area (Å²) in [6, 6.07) is 9.95. The van der Waals surface area contributed by atoms with E-state index in [2.05, 4.69) is 18.9 Å². The summed E-state index contributed by atoms with van der Waals surface area (Å²) >= 11 is 0. The van der Waals surface area contributed by atoms with Crippen molar-refractivity contribution in [2.45, 2.75) is 32.9 Å². The zero-order valence-electron chi connectivity index (χ0n) is 17.6. The lowest BCUT2D eigenvalue weighted by Crippen LogP contribution is -2.65. The summed E-state index contributed by atoms with van der Waals surface area (Å²) in [5.74, 6) is 0.375. The summed E-state index contributed by atoms with van der Waals surface area (Å²) in [7, 11) is 0. The highest BCUT2D eigenvalue weighted by Gasteiger charge is 2.59. The van der Waals surface area contributed by atoms with Crippen molar-refractivity contribution < 1.29 is 9.59 Å². The maximum absolute atomic E-state index is 13.0. The summed E-state index contributed by atoms with van der Waals surface area (Å²) in [5.41, 5.74) is 8.14. The topological polar surface area (TPSA) is 84.5 Å². The molecule has 2 N–H and O–H groups in total. The van der Waals surface area contributed by atoms with Crippen LogP contribution in [0.5, 0.6) is 0 Å². The van der Waals surface area contributed by atoms with Crippen molar-refractivity contribution in [3.63, 3.8) is 0 Å². The van der Waals surface area contributed by atoms with E-state index in [1.807, 2.05) is 40.1 Å². The van der Waals surface area contributed by atoms with Crippen LogP contribution in [0.2, 0.25) is 0 Å². The summed E-state index contributed by atoms with van der Waals surface area (Å²) in [5, 5.41) is 4.35. The van der Waals surface area contributed by atoms with Crippen LogP contribution in [-0.4, -0.2) is 63.6 Å². The second kappa shape index (κ2) is 6.67. The van der Waals surface area contributed by atoms with Gasteiger partial charge in [-0.1, -0.05) is 44.2 Å². The molecule has 2 atom stereocenters. The largest absolute Gasteiger partial charge is 0.341 e. The normalized spacial score (nSPS) is 26.0. The molecule has 1 aliphatic carbocycles. The number of hydrogen-bond acceptors (Lipinski definition) is 4. The smallest absolute Gasteiger partial charge is 0.257 e. The Morgan fingerprint density at radius 1 is 1.13 bits per heavy atom. The van der Waals surface area contributed by atoms with Crippen molar-refractivity contribution in [3.8, 4) is 0 Å². The standard InChI is InChI=1S/C23H29N5O2/c1-22(2)8-18(22)21(30)27-14-23(15-27)13-26(12-19(23)24)20(29)17-9-25-28(11-17)10-16-6-4-3-5-7-16/h3-7,9,11,18-19H,8,10,12-15,24H2,1-2H3/t18-,19?/m1/s1. The third kappa shape index (κ3) is 3.21. The van der Waals surface area contributed by atoms with Gasteiger partial charge in [0.2, 0.25) is 5.91 Å². The second-order valence-electron chi connectivity index (χ2n) is 10.0. The van der Waals surface area contributed by atoms with Crippen LogP contribution in [-0.2, 0) is 11.3 Å². The van der Waals surface area contributed by atoms with Crippen LogP contribution < -0.4 is 5.73 Å². The highest BCUT2D eigenvalue weighted by atomic mass is 16.2. The number of carbonyl (C=O) groups excluding carboxylic acids is 2. The number of hydrogen-bond donors (Lipinski definition) is 1. The Bertz CT molecular complexity index is 976. The van der Waals surface area contributed by atoms with Gasteiger partial charge < -0.3 is 15.5 Å². The molecule has 2 amide bonds. The fourth-order valence-electron chi connectivity index (χ4n) is 4.97. The number of nitrogens with zero attached hydrogens (tertiary/aromatic N) is 4. The van der Waals surface area contributed by atoms with E-state index in [4.69, 9.17) is 5.73 Å². The van der Waals surface area contributed by atoms with E-state index in [0.29, 0.717) is 38.3 Å². The molecule has 0 bridgehead atoms. The molecule has 3 heterocycles. The van der Waals surface area contributed by atoms with Gasteiger partial charge in [-0.25, -0.2) is 0 Å². The first-order valence-corrected chi connectivity index (χ1v) is 10.7. The molecule has 5 rings (SSSR count). The Morgan fingerprint density at radius 2 is 1.80 bits per heavy atom. The van der Waals surface area contributed by atoms with Crippen molar-refractivity contribution in [3.05, 3.63) is 53.9 Å². The molecule has 3 fully saturated rings. The first kappa shape index (κ1) is 19.3. The predicted octanol–water partition coefficient (Wildman–Crippen LogP) is 1.59. The third-order valence-corrected chi connectivity index (χ3v) is 7.20. The molecule has 2 saturated heterocycles. The molecule has 158 valence electrons. The van der Waals surface area contributed by atoms with Gasteiger partial charge in [-0.2, -0.15) is 5.10 Å². The molecule has 1 spiro atoms. The average Bonchev–Trinajstić information content (AvgIpc) is 3.02. The Morgan fingerprint density at radius 3 is 2.47 bits per heavy atom. The monoisotopic (exact) mass is 407 g/mol. The Kier molecular flexibility index (Phi) is 4.29. The van der Waals surface area contributed by atoms with E-state index in [1.54, 1.807) is 17.1 Å². The van der Waals surface area contributed by atoms with E-state index in [0.717, 1.165) is 12.0 Å². The average molecular weight is 408 g/mol. The van der Waals surface area contributed by atoms with Gasteiger partial charge >= 0.3 is 0 Å². The SMILES string of the molecule is CC1(C)C[C@@H]1C(=O)N1CC2(CN(C(=O)c3cnn(Cc4ccccc4)c3)CC2N)C1. The number of carbonyl (C=O) groups is 2. The minimum absolute atomic E-state index is 0.0326. The fraction of sp³-hybridized carbons (Fsp3) is 0.522. The molecule has 0 radical (unpaired) electrons. The van der Waals surface area contributed by atoms with Crippen molar-refractivity contribution >= 4 is 11.8 Å². The van der Waals surface area contributed by atoms with Crippen LogP contribution in [0.4, 0.5) is 0 Å². The minimum atomic E-state index is -0.162. The fourth-order valence-corrected chi connectivity index (χ4v) is 4.97. The van der Waals surface area contributed by atoms with E-state index in [-0.39, 0.29) is 34.6 Å². The van der Waals surface area contributed by atoms with E-state index < -0.39 is 0 Å². The van der Waals surface area contributed by atoms with Gasteiger partial charge in [0.15, 0.2) is 0 Å². The van der Waals surface area contributed by atoms with Crippen molar-refractivity contribution in [1.29, 1.82) is 0 Å². The predicted molar refractivity (Wildman–Crippen MR) is 113 cm³/mol. The highest BCUT2D eigenvalue weighted by Crippen LogP contribution is 2.54. The molecule has 1 aromatic heterocycles. The molecular formula is C23H29N5O2. The number of nitrogens with two attached hydrogens (primary N) is 1. The van der Waals surface area contributed by atoms with Crippen LogP contribution in [0.25, 0.3) is 0 Å². The second-order valence-corrected chi connectivity index (χ2v) is 10.0. The lowest BCUT2D eigenvalue weighted by atomic mass is 9.75. The molecule has 1 unspecified atom stereocenters. The lowest BCUT2D eigenvalue weighted by Gasteiger charge is -2.50. The van der Waals surface area contributed by atoms with Crippen LogP contribution in [0, 0.1) is 16.7 Å². The minimum Gasteiger partial charge on any atom is -0.341 e. The van der Waals surface area contributed by atoms with Crippen molar-refractivity contribution in [2.24, 2.45) is 22.5 Å². The molecule has 7 heteroatoms. The Balaban J connectivity index is 1.21. The van der Waals surface area contributed by atoms with Gasteiger partial charge in [-0.05, 0) is 17.4 Å². The summed E-state index contributed by atoms with van der Waals surface area (Å²) in [4.78, 5) is 29.4. The number of amides is 2. The number of benzene rings is 1. The van der Waals surface area contributed by atoms with Crippen molar-refractivity contribution in [1.82, 2.24) is 19.6 Å². The zero-order chi connectivity index (χ0) is 21.1. The summed E-state index contributed by atoms with van der Waals surface area (Å²) in [6.07, 6.45) is 4.41. The van der Waals surface area contributed by atoms with Gasteiger partial charge in [-0.15, -0.1) is 0 Å². The first-order valence-electron chi connectivity index (χ1n) is 10.7. The molecule has 2 aromatic rings. The first-order chi connectivity index (χ1) is 14.3. The maximum Gasteiger partial charge on any atom is 0.257 e. The number of rotatable bonds is 4. The Hall–Kier alpha value is -2.67. The molecule has 1 aromatic carbocycles. The van der Waals surface area contributed by atoms with Gasteiger partial charge in [0.1, 0.15) is 0 Å². The third-order valence-electron chi connectivity index (χ3n) is 7.20. The number of likely N-dealkylation sites (tertiary alicyclic amines) is 2. The zero-order valence-corrected chi connectivity index (χ0v) is 17.6. The van der Waals surface area contributed by atoms with Crippen LogP contribution in [0.15, 0.2) is 42.7 Å². The van der Waals surface area contributed by atoms with E-state index >= 15 is 0 Å². The van der Waals surface area contributed by atoms with Crippen LogP contribution in [0.3, 0.4) is 0 Å². The lowest BCUT2D eigenvalue weighted by molar-refractivity contribution is -0.145. The van der Waals surface area contributed by atoms with Gasteiger partial charge in [-0.3, -0.25) is 14.3 Å². The molecule has 7 nitrogen and oxygen atoms in total. The van der Waals surface area contributed by atoms with Crippen LogP contribution in [0.1, 0.15) is 36.2 Å². The van der Waals surface area contributed by atoms with Gasteiger partial charge in [0.25, 0.3) is 5.91 Å². The van der Waals surface area contributed by atoms with Gasteiger partial charge in [0.05, 0.1) is 18.3 Å². The highest BCUT2D eigenvalue weighted by molar-refractivity contribution is 5.94. The van der Waals surface area contributed by atoms with E-state index in [9.17, 15) is 9.59 Å². The number of aromatic nitrogens is 2. The van der Waals surface area contributed by atoms with Crippen molar-refractivity contribution in [2.75, 3.05) is 26.2 Å². The molecular weight excluding hydrogens is 378 g/mol. The summed E-state index contributed by atoms with van der Waals surface area (Å²) < 4.78 is 1.79. The maximum atomic E-state index is 13.0. The molecule has 3 aliphatic rings. The molecule has 1 saturated carbocycles. The molecule has 30 heavy (non-hydrogen) atoms. The van der Waals surface area contributed by atoms with Gasteiger partial charge in [0, 0.05) is 49.8 Å².